The van der Waals surface area contributed by atoms with E-state index >= 15 is 0 Å². The molecule has 3 nitrogen and oxygen atoms in total. The number of pyridine rings is 1. The molecule has 0 aliphatic heterocycles. The van der Waals surface area contributed by atoms with Gasteiger partial charge in [-0.05, 0) is 112 Å². The summed E-state index contributed by atoms with van der Waals surface area (Å²) in [6.07, 6.45) is 1.84. The summed E-state index contributed by atoms with van der Waals surface area (Å²) in [5.74, 6) is 0. The number of hydrogen-bond donors (Lipinski definition) is 0. The van der Waals surface area contributed by atoms with Crippen LogP contribution in [0.25, 0.3) is 72.1 Å². The molecule has 0 atom stereocenters. The van der Waals surface area contributed by atoms with Gasteiger partial charge in [0.2, 0.25) is 0 Å². The molecule has 0 saturated heterocycles. The fraction of sp³-hybridized carbons (Fsp3) is 0. The van der Waals surface area contributed by atoms with Crippen molar-refractivity contribution in [3.05, 3.63) is 225 Å². The molecule has 0 unspecified atom stereocenters. The maximum Gasteiger partial charge on any atom is 0.0701 e. The molecule has 0 aliphatic rings. The standard InChI is InChI=1S/C53H37N3/c1-2-12-38(13-3-1)39-23-29-45(30-24-39)55(46-33-27-41(28-34-46)51-20-8-9-35-54-51)48-17-11-16-44(37-48)43-15-10-14-42(36-43)40-25-31-47(32-26-40)56-52-21-6-4-18-49(52)50-19-5-7-22-53(50)56/h1-37H. The molecular formula is C53H37N3. The SMILES string of the molecule is c1ccc(-c2ccc(N(c3ccc(-c4ccccn4)cc3)c3cccc(-c4cccc(-c5ccc(-n6c7ccccc7c7ccccc76)cc5)c4)c3)cc2)cc1. The Morgan fingerprint density at radius 2 is 0.804 bits per heavy atom. The van der Waals surface area contributed by atoms with Gasteiger partial charge in [-0.15, -0.1) is 0 Å². The summed E-state index contributed by atoms with van der Waals surface area (Å²) >= 11 is 0. The summed E-state index contributed by atoms with van der Waals surface area (Å²) in [6.45, 7) is 0. The molecule has 10 aromatic rings. The summed E-state index contributed by atoms with van der Waals surface area (Å²) in [6, 6.07) is 78.1. The van der Waals surface area contributed by atoms with Gasteiger partial charge in [0.05, 0.1) is 16.7 Å². The summed E-state index contributed by atoms with van der Waals surface area (Å²) < 4.78 is 2.36. The number of rotatable bonds is 8. The molecule has 0 bridgehead atoms. The molecule has 0 radical (unpaired) electrons. The fourth-order valence-corrected chi connectivity index (χ4v) is 7.90. The zero-order valence-electron chi connectivity index (χ0n) is 30.7. The lowest BCUT2D eigenvalue weighted by atomic mass is 9.98. The highest BCUT2D eigenvalue weighted by Crippen LogP contribution is 2.39. The van der Waals surface area contributed by atoms with Crippen molar-refractivity contribution >= 4 is 38.9 Å². The lowest BCUT2D eigenvalue weighted by molar-refractivity contribution is 1.18. The van der Waals surface area contributed by atoms with Crippen LogP contribution in [0.2, 0.25) is 0 Å². The van der Waals surface area contributed by atoms with Crippen molar-refractivity contribution in [1.82, 2.24) is 9.55 Å². The van der Waals surface area contributed by atoms with Gasteiger partial charge in [-0.25, -0.2) is 0 Å². The highest BCUT2D eigenvalue weighted by molar-refractivity contribution is 6.09. The van der Waals surface area contributed by atoms with Crippen LogP contribution in [0.4, 0.5) is 17.1 Å². The van der Waals surface area contributed by atoms with Crippen molar-refractivity contribution in [2.24, 2.45) is 0 Å². The zero-order chi connectivity index (χ0) is 37.3. The largest absolute Gasteiger partial charge is 0.310 e. The lowest BCUT2D eigenvalue weighted by Gasteiger charge is -2.26. The van der Waals surface area contributed by atoms with E-state index in [1.54, 1.807) is 0 Å². The normalized spacial score (nSPS) is 11.2. The van der Waals surface area contributed by atoms with Crippen LogP contribution in [0.5, 0.6) is 0 Å². The first kappa shape index (κ1) is 33.1. The number of hydrogen-bond acceptors (Lipinski definition) is 2. The molecule has 8 aromatic carbocycles. The number of benzene rings is 8. The first-order valence-electron chi connectivity index (χ1n) is 19.0. The molecule has 0 saturated carbocycles. The maximum absolute atomic E-state index is 4.58. The molecule has 3 heteroatoms. The highest BCUT2D eigenvalue weighted by Gasteiger charge is 2.16. The van der Waals surface area contributed by atoms with E-state index in [0.717, 1.165) is 39.6 Å². The van der Waals surface area contributed by atoms with E-state index in [1.807, 2.05) is 24.4 Å². The first-order chi connectivity index (χ1) is 27.8. The van der Waals surface area contributed by atoms with E-state index < -0.39 is 0 Å². The Labute approximate surface area is 327 Å². The van der Waals surface area contributed by atoms with Gasteiger partial charge in [-0.2, -0.15) is 0 Å². The number of anilines is 3. The van der Waals surface area contributed by atoms with Gasteiger partial charge in [0.25, 0.3) is 0 Å². The predicted molar refractivity (Wildman–Crippen MR) is 235 cm³/mol. The molecule has 0 N–H and O–H groups in total. The fourth-order valence-electron chi connectivity index (χ4n) is 7.90. The van der Waals surface area contributed by atoms with E-state index in [-0.39, 0.29) is 0 Å². The van der Waals surface area contributed by atoms with Crippen LogP contribution >= 0.6 is 0 Å². The third kappa shape index (κ3) is 6.21. The van der Waals surface area contributed by atoms with Crippen LogP contribution in [-0.4, -0.2) is 9.55 Å². The van der Waals surface area contributed by atoms with Gasteiger partial charge in [0.15, 0.2) is 0 Å². The molecule has 0 amide bonds. The first-order valence-corrected chi connectivity index (χ1v) is 19.0. The molecule has 10 rings (SSSR count). The molecule has 2 heterocycles. The van der Waals surface area contributed by atoms with E-state index in [0.29, 0.717) is 0 Å². The second kappa shape index (κ2) is 14.4. The van der Waals surface area contributed by atoms with E-state index in [2.05, 4.69) is 215 Å². The zero-order valence-corrected chi connectivity index (χ0v) is 30.7. The number of fused-ring (bicyclic) bond motifs is 3. The number of nitrogens with zero attached hydrogens (tertiary/aromatic N) is 3. The van der Waals surface area contributed by atoms with E-state index in [9.17, 15) is 0 Å². The molecular weight excluding hydrogens is 679 g/mol. The van der Waals surface area contributed by atoms with Gasteiger partial charge < -0.3 is 9.47 Å². The Hall–Kier alpha value is -7.49. The molecule has 56 heavy (non-hydrogen) atoms. The van der Waals surface area contributed by atoms with Gasteiger partial charge in [-0.3, -0.25) is 4.98 Å². The maximum atomic E-state index is 4.58. The molecule has 2 aromatic heterocycles. The Bertz CT molecular complexity index is 2790. The summed E-state index contributed by atoms with van der Waals surface area (Å²) in [4.78, 5) is 6.91. The van der Waals surface area contributed by atoms with E-state index in [4.69, 9.17) is 0 Å². The second-order valence-corrected chi connectivity index (χ2v) is 14.1. The number of aromatic nitrogens is 2. The summed E-state index contributed by atoms with van der Waals surface area (Å²) in [5.41, 5.74) is 16.0. The Morgan fingerprint density at radius 1 is 0.321 bits per heavy atom. The van der Waals surface area contributed by atoms with Crippen molar-refractivity contribution in [3.63, 3.8) is 0 Å². The third-order valence-electron chi connectivity index (χ3n) is 10.7. The van der Waals surface area contributed by atoms with Crippen LogP contribution in [0.1, 0.15) is 0 Å². The topological polar surface area (TPSA) is 21.1 Å². The molecule has 0 aliphatic carbocycles. The van der Waals surface area contributed by atoms with Crippen molar-refractivity contribution in [2.45, 2.75) is 0 Å². The Morgan fingerprint density at radius 3 is 1.45 bits per heavy atom. The van der Waals surface area contributed by atoms with Crippen molar-refractivity contribution in [1.29, 1.82) is 0 Å². The minimum absolute atomic E-state index is 0.959. The Kier molecular flexibility index (Phi) is 8.51. The van der Waals surface area contributed by atoms with Crippen molar-refractivity contribution in [3.8, 4) is 50.3 Å². The van der Waals surface area contributed by atoms with E-state index in [1.165, 1.54) is 49.6 Å². The van der Waals surface area contributed by atoms with Gasteiger partial charge >= 0.3 is 0 Å². The van der Waals surface area contributed by atoms with Crippen LogP contribution < -0.4 is 4.90 Å². The minimum Gasteiger partial charge on any atom is -0.310 e. The third-order valence-corrected chi connectivity index (χ3v) is 10.7. The summed E-state index contributed by atoms with van der Waals surface area (Å²) in [5, 5.41) is 2.54. The average molecular weight is 716 g/mol. The van der Waals surface area contributed by atoms with Crippen molar-refractivity contribution in [2.75, 3.05) is 4.90 Å². The quantitative estimate of drug-likeness (QED) is 0.156. The Balaban J connectivity index is 0.996. The van der Waals surface area contributed by atoms with Crippen LogP contribution in [0, 0.1) is 0 Å². The van der Waals surface area contributed by atoms with Crippen LogP contribution in [-0.2, 0) is 0 Å². The summed E-state index contributed by atoms with van der Waals surface area (Å²) in [7, 11) is 0. The molecule has 264 valence electrons. The minimum atomic E-state index is 0.959. The van der Waals surface area contributed by atoms with Gasteiger partial charge in [-0.1, -0.05) is 140 Å². The van der Waals surface area contributed by atoms with Crippen molar-refractivity contribution < 1.29 is 0 Å². The van der Waals surface area contributed by atoms with Crippen LogP contribution in [0.3, 0.4) is 0 Å². The lowest BCUT2D eigenvalue weighted by Crippen LogP contribution is -2.10. The highest BCUT2D eigenvalue weighted by atomic mass is 15.1. The average Bonchev–Trinajstić information content (AvgIpc) is 3.62. The predicted octanol–water partition coefficient (Wildman–Crippen LogP) is 14.3. The van der Waals surface area contributed by atoms with Crippen LogP contribution in [0.15, 0.2) is 225 Å². The monoisotopic (exact) mass is 715 g/mol. The van der Waals surface area contributed by atoms with Gasteiger partial charge in [0.1, 0.15) is 0 Å². The smallest absolute Gasteiger partial charge is 0.0701 e. The van der Waals surface area contributed by atoms with Gasteiger partial charge in [0, 0.05) is 45.3 Å². The second-order valence-electron chi connectivity index (χ2n) is 14.1. The molecule has 0 fully saturated rings. The number of para-hydroxylation sites is 2. The molecule has 0 spiro atoms.